The summed E-state index contributed by atoms with van der Waals surface area (Å²) in [5, 5.41) is 12.4. The Balaban J connectivity index is 1.65. The van der Waals surface area contributed by atoms with E-state index in [0.29, 0.717) is 29.7 Å². The molecular weight excluding hydrogens is 417 g/mol. The van der Waals surface area contributed by atoms with Crippen LogP contribution in [0.2, 0.25) is 0 Å². The van der Waals surface area contributed by atoms with Crippen LogP contribution in [0.1, 0.15) is 37.8 Å². The highest BCUT2D eigenvalue weighted by Crippen LogP contribution is 2.22. The van der Waals surface area contributed by atoms with Crippen molar-refractivity contribution in [2.24, 2.45) is 0 Å². The molecule has 3 aromatic rings. The zero-order valence-corrected chi connectivity index (χ0v) is 18.9. The number of carbonyl (C=O) groups is 1. The predicted molar refractivity (Wildman–Crippen MR) is 118 cm³/mol. The van der Waals surface area contributed by atoms with Crippen LogP contribution < -0.4 is 4.74 Å². The van der Waals surface area contributed by atoms with Gasteiger partial charge in [-0.25, -0.2) is 4.39 Å². The molecule has 0 atom stereocenters. The SMILES string of the molecule is CCN(Cc1ccc(OC)c(F)c1)C(=O)CSc1nnnn1-c1ccc(C(C)C)cc1. The molecule has 3 rings (SSSR count). The predicted octanol–water partition coefficient (Wildman–Crippen LogP) is 4.07. The van der Waals surface area contributed by atoms with Crippen LogP contribution in [-0.4, -0.2) is 50.4 Å². The number of halogens is 1. The molecule has 164 valence electrons. The van der Waals surface area contributed by atoms with Gasteiger partial charge in [0.25, 0.3) is 0 Å². The Morgan fingerprint density at radius 1 is 1.23 bits per heavy atom. The minimum absolute atomic E-state index is 0.0755. The number of thioether (sulfide) groups is 1. The van der Waals surface area contributed by atoms with E-state index in [1.807, 2.05) is 31.2 Å². The Kier molecular flexibility index (Phi) is 7.62. The van der Waals surface area contributed by atoms with Crippen LogP contribution in [0.3, 0.4) is 0 Å². The van der Waals surface area contributed by atoms with Crippen molar-refractivity contribution in [1.82, 2.24) is 25.1 Å². The number of amides is 1. The fraction of sp³-hybridized carbons (Fsp3) is 0.364. The van der Waals surface area contributed by atoms with E-state index < -0.39 is 5.82 Å². The average Bonchev–Trinajstić information content (AvgIpc) is 3.24. The van der Waals surface area contributed by atoms with Gasteiger partial charge in [-0.2, -0.15) is 4.68 Å². The summed E-state index contributed by atoms with van der Waals surface area (Å²) < 4.78 is 20.5. The summed E-state index contributed by atoms with van der Waals surface area (Å²) in [4.78, 5) is 14.4. The maximum atomic E-state index is 14.0. The lowest BCUT2D eigenvalue weighted by Gasteiger charge is -2.21. The molecule has 1 heterocycles. The third-order valence-corrected chi connectivity index (χ3v) is 5.80. The standard InChI is InChI=1S/C22H26FN5O2S/c1-5-27(13-16-6-11-20(30-4)19(23)12-16)21(29)14-31-22-24-25-26-28(22)18-9-7-17(8-10-18)15(2)3/h6-12,15H,5,13-14H2,1-4H3. The van der Waals surface area contributed by atoms with Gasteiger partial charge in [-0.3, -0.25) is 4.79 Å². The Bertz CT molecular complexity index is 1020. The first-order valence-electron chi connectivity index (χ1n) is 10.0. The maximum Gasteiger partial charge on any atom is 0.233 e. The molecule has 0 bridgehead atoms. The lowest BCUT2D eigenvalue weighted by molar-refractivity contribution is -0.128. The maximum absolute atomic E-state index is 14.0. The second-order valence-electron chi connectivity index (χ2n) is 7.28. The van der Waals surface area contributed by atoms with E-state index in [-0.39, 0.29) is 17.4 Å². The van der Waals surface area contributed by atoms with Gasteiger partial charge >= 0.3 is 0 Å². The minimum atomic E-state index is -0.444. The van der Waals surface area contributed by atoms with Gasteiger partial charge < -0.3 is 9.64 Å². The van der Waals surface area contributed by atoms with Crippen LogP contribution in [0.25, 0.3) is 5.69 Å². The number of hydrogen-bond donors (Lipinski definition) is 0. The molecule has 0 fully saturated rings. The largest absolute Gasteiger partial charge is 0.494 e. The molecule has 0 N–H and O–H groups in total. The Hall–Kier alpha value is -2.94. The van der Waals surface area contributed by atoms with E-state index in [1.165, 1.54) is 30.5 Å². The van der Waals surface area contributed by atoms with Crippen molar-refractivity contribution in [2.45, 2.75) is 38.4 Å². The third kappa shape index (κ3) is 5.61. The topological polar surface area (TPSA) is 73.1 Å². The number of methoxy groups -OCH3 is 1. The molecule has 0 aliphatic heterocycles. The van der Waals surface area contributed by atoms with Crippen LogP contribution in [-0.2, 0) is 11.3 Å². The van der Waals surface area contributed by atoms with Crippen LogP contribution in [0, 0.1) is 5.82 Å². The Morgan fingerprint density at radius 3 is 2.58 bits per heavy atom. The fourth-order valence-corrected chi connectivity index (χ4v) is 3.85. The lowest BCUT2D eigenvalue weighted by Crippen LogP contribution is -2.31. The molecule has 0 saturated carbocycles. The normalized spacial score (nSPS) is 11.0. The molecule has 0 aliphatic carbocycles. The zero-order chi connectivity index (χ0) is 22.4. The van der Waals surface area contributed by atoms with Gasteiger partial charge in [-0.05, 0) is 58.7 Å². The van der Waals surface area contributed by atoms with Crippen molar-refractivity contribution >= 4 is 17.7 Å². The molecule has 7 nitrogen and oxygen atoms in total. The molecule has 2 aromatic carbocycles. The van der Waals surface area contributed by atoms with Gasteiger partial charge in [0.15, 0.2) is 11.6 Å². The van der Waals surface area contributed by atoms with E-state index in [1.54, 1.807) is 21.7 Å². The summed E-state index contributed by atoms with van der Waals surface area (Å²) in [5.41, 5.74) is 2.77. The monoisotopic (exact) mass is 443 g/mol. The van der Waals surface area contributed by atoms with Crippen molar-refractivity contribution in [3.8, 4) is 11.4 Å². The highest BCUT2D eigenvalue weighted by Gasteiger charge is 2.17. The summed E-state index contributed by atoms with van der Waals surface area (Å²) in [5.74, 6) is 0.279. The number of rotatable bonds is 9. The molecule has 0 spiro atoms. The smallest absolute Gasteiger partial charge is 0.233 e. The summed E-state index contributed by atoms with van der Waals surface area (Å²) in [7, 11) is 1.42. The van der Waals surface area contributed by atoms with Crippen molar-refractivity contribution in [3.63, 3.8) is 0 Å². The number of aromatic nitrogens is 4. The van der Waals surface area contributed by atoms with Crippen LogP contribution >= 0.6 is 11.8 Å². The second-order valence-corrected chi connectivity index (χ2v) is 8.23. The quantitative estimate of drug-likeness (QED) is 0.464. The molecule has 0 radical (unpaired) electrons. The van der Waals surface area contributed by atoms with Crippen LogP contribution in [0.15, 0.2) is 47.6 Å². The van der Waals surface area contributed by atoms with Gasteiger partial charge in [0.05, 0.1) is 18.6 Å². The first-order valence-corrected chi connectivity index (χ1v) is 11.0. The summed E-state index contributed by atoms with van der Waals surface area (Å²) >= 11 is 1.27. The lowest BCUT2D eigenvalue weighted by atomic mass is 10.0. The minimum Gasteiger partial charge on any atom is -0.494 e. The molecule has 0 unspecified atom stereocenters. The number of benzene rings is 2. The number of tetrazole rings is 1. The number of ether oxygens (including phenoxy) is 1. The molecule has 9 heteroatoms. The fourth-order valence-electron chi connectivity index (χ4n) is 3.05. The first kappa shape index (κ1) is 22.7. The number of nitrogens with zero attached hydrogens (tertiary/aromatic N) is 5. The Labute approximate surface area is 185 Å². The van der Waals surface area contributed by atoms with Crippen molar-refractivity contribution in [2.75, 3.05) is 19.4 Å². The zero-order valence-electron chi connectivity index (χ0n) is 18.1. The van der Waals surface area contributed by atoms with Gasteiger partial charge in [0.2, 0.25) is 11.1 Å². The molecule has 31 heavy (non-hydrogen) atoms. The number of hydrogen-bond acceptors (Lipinski definition) is 6. The van der Waals surface area contributed by atoms with Gasteiger partial charge in [-0.15, -0.1) is 5.10 Å². The molecule has 1 amide bonds. The molecule has 0 aliphatic rings. The summed E-state index contributed by atoms with van der Waals surface area (Å²) in [6.07, 6.45) is 0. The van der Waals surface area contributed by atoms with Crippen LogP contribution in [0.4, 0.5) is 4.39 Å². The molecular formula is C22H26FN5O2S. The second kappa shape index (κ2) is 10.4. The molecule has 0 saturated heterocycles. The van der Waals surface area contributed by atoms with Crippen molar-refractivity contribution < 1.29 is 13.9 Å². The Morgan fingerprint density at radius 2 is 1.97 bits per heavy atom. The van der Waals surface area contributed by atoms with E-state index in [9.17, 15) is 9.18 Å². The van der Waals surface area contributed by atoms with Gasteiger partial charge in [-0.1, -0.05) is 43.8 Å². The summed E-state index contributed by atoms with van der Waals surface area (Å²) in [6.45, 7) is 6.99. The van der Waals surface area contributed by atoms with Gasteiger partial charge in [0.1, 0.15) is 0 Å². The van der Waals surface area contributed by atoms with E-state index in [0.717, 1.165) is 5.69 Å². The van der Waals surface area contributed by atoms with Gasteiger partial charge in [0, 0.05) is 13.1 Å². The number of carbonyl (C=O) groups excluding carboxylic acids is 1. The van der Waals surface area contributed by atoms with Crippen LogP contribution in [0.5, 0.6) is 5.75 Å². The van der Waals surface area contributed by atoms with Crippen molar-refractivity contribution in [3.05, 3.63) is 59.4 Å². The first-order chi connectivity index (χ1) is 14.9. The van der Waals surface area contributed by atoms with E-state index in [4.69, 9.17) is 4.74 Å². The van der Waals surface area contributed by atoms with E-state index >= 15 is 0 Å². The highest BCUT2D eigenvalue weighted by atomic mass is 32.2. The summed E-state index contributed by atoms with van der Waals surface area (Å²) in [6, 6.07) is 12.7. The average molecular weight is 444 g/mol. The van der Waals surface area contributed by atoms with E-state index in [2.05, 4.69) is 29.4 Å². The highest BCUT2D eigenvalue weighted by molar-refractivity contribution is 7.99. The third-order valence-electron chi connectivity index (χ3n) is 4.89. The van der Waals surface area contributed by atoms with Crippen molar-refractivity contribution in [1.29, 1.82) is 0 Å². The molecule has 1 aromatic heterocycles.